The number of likely N-dealkylation sites (tertiary alicyclic amines) is 1. The van der Waals surface area contributed by atoms with Gasteiger partial charge in [0, 0.05) is 37.8 Å². The fourth-order valence-electron chi connectivity index (χ4n) is 10.0. The lowest BCUT2D eigenvalue weighted by Gasteiger charge is -2.37. The van der Waals surface area contributed by atoms with Crippen molar-refractivity contribution < 1.29 is 116 Å². The zero-order chi connectivity index (χ0) is 75.2. The van der Waals surface area contributed by atoms with Crippen molar-refractivity contribution in [3.63, 3.8) is 0 Å². The van der Waals surface area contributed by atoms with Crippen molar-refractivity contribution in [2.24, 2.45) is 29.6 Å². The lowest BCUT2D eigenvalue weighted by molar-refractivity contribution is -0.338. The van der Waals surface area contributed by atoms with E-state index < -0.39 is 102 Å². The second kappa shape index (κ2) is 45.7. The van der Waals surface area contributed by atoms with Crippen LogP contribution in [0.25, 0.3) is 0 Å². The SMILES string of the molecule is CC(C)(C)OC(=O)N1C(C=O)COC1(C)C.CC(C)(C)OC(=O)NC1(C=O)CCC1.CC(C)(C)OC(=O)NCCC=O.CC1CC(C=O)CC1C.CC1CC(C=O)N(C(=O)OC(C)(C)C)C1.CC=O.O=CC1CCCCC1.O=CCC1(O)CCC1.OCC1OC(O)C(CO)OC1O. The molecule has 0 radical (unpaired) electrons. The summed E-state index contributed by atoms with van der Waals surface area (Å²) >= 11 is 0. The number of aliphatic hydroxyl groups excluding tert-OH is 4. The molecule has 28 heteroatoms. The predicted molar refractivity (Wildman–Crippen MR) is 358 cm³/mol. The molecule has 0 aromatic rings. The van der Waals surface area contributed by atoms with Gasteiger partial charge in [-0.25, -0.2) is 19.2 Å². The molecular formula is C69H122N4O24. The highest BCUT2D eigenvalue weighted by Crippen LogP contribution is 2.35. The third-order valence-corrected chi connectivity index (χ3v) is 15.5. The quantitative estimate of drug-likeness (QED) is 0.0524. The normalized spacial score (nSPS) is 25.6. The van der Waals surface area contributed by atoms with Crippen LogP contribution in [-0.4, -0.2) is 219 Å². The maximum Gasteiger partial charge on any atom is 0.413 e. The molecule has 9 atom stereocenters. The van der Waals surface area contributed by atoms with Crippen molar-refractivity contribution in [3.8, 4) is 0 Å². The largest absolute Gasteiger partial charge is 0.444 e. The summed E-state index contributed by atoms with van der Waals surface area (Å²) in [6, 6.07) is -0.875. The number of ether oxygens (including phenoxy) is 7. The number of aldehydes is 8. The summed E-state index contributed by atoms with van der Waals surface area (Å²) in [5.74, 6) is 2.67. The lowest BCUT2D eigenvalue weighted by atomic mass is 9.78. The van der Waals surface area contributed by atoms with Crippen molar-refractivity contribution in [3.05, 3.63) is 0 Å². The minimum absolute atomic E-state index is 0.218. The number of nitrogens with one attached hydrogen (secondary N) is 2. The number of hydrogen-bond acceptors (Lipinski definition) is 24. The smallest absolute Gasteiger partial charge is 0.413 e. The van der Waals surface area contributed by atoms with Crippen LogP contribution in [0.4, 0.5) is 19.2 Å². The summed E-state index contributed by atoms with van der Waals surface area (Å²) in [7, 11) is 0. The first-order valence-corrected chi connectivity index (χ1v) is 33.7. The van der Waals surface area contributed by atoms with Crippen LogP contribution in [0.15, 0.2) is 0 Å². The van der Waals surface area contributed by atoms with E-state index in [4.69, 9.17) is 58.4 Å². The van der Waals surface area contributed by atoms with Gasteiger partial charge in [-0.2, -0.15) is 0 Å². The van der Waals surface area contributed by atoms with Crippen molar-refractivity contribution in [2.75, 3.05) is 32.9 Å². The highest BCUT2D eigenvalue weighted by Gasteiger charge is 2.46. The monoisotopic (exact) mass is 1390 g/mol. The second-order valence-corrected chi connectivity index (χ2v) is 29.7. The third kappa shape index (κ3) is 40.7. The summed E-state index contributed by atoms with van der Waals surface area (Å²) < 4.78 is 35.3. The van der Waals surface area contributed by atoms with Gasteiger partial charge in [0.2, 0.25) is 0 Å². The molecule has 3 heterocycles. The molecule has 4 amide bonds. The summed E-state index contributed by atoms with van der Waals surface area (Å²) in [4.78, 5) is 130. The standard InChI is InChI=1S/C11H19NO4.C11H19NO3.C10H17NO3.C8H15NO3.C8H14O.C7H12O.C6H12O6.C6H10O2.C2H4O/c1-10(2,3)16-9(14)12-8(6-13)7-15-11(12,4)5;1-8-5-9(7-13)12(6-8)10(14)15-11(2,3)4;1-9(2,3)14-8(13)11-10(7-12)5-4-6-10;1-8(2,3)12-7(11)9-5-4-6-10;1-6-3-8(5-9)4-7(6)2;8-6-7-4-2-1-3-5-7;7-1-3-5(9)12-4(2-8)6(10)11-3;7-5-4-6(8)2-1-3-6;1-2-3/h6,8H,7H2,1-5H3;7-9H,5-6H2,1-4H3;7H,4-6H2,1-3H3,(H,11,13);6H,4-5H2,1-3H3,(H,9,11);5-8H,3-4H2,1-2H3;6-7H,1-5H2;3-10H,1-2H2;5,8H,1-4H2;2H,1H3. The van der Waals surface area contributed by atoms with Gasteiger partial charge in [0.25, 0.3) is 0 Å². The topological polar surface area (TPSA) is 401 Å². The molecule has 0 aromatic heterocycles. The van der Waals surface area contributed by atoms with E-state index in [1.54, 1.807) is 76.2 Å². The van der Waals surface area contributed by atoms with Crippen molar-refractivity contribution in [1.29, 1.82) is 0 Å². The van der Waals surface area contributed by atoms with Gasteiger partial charge in [-0.1, -0.05) is 40.0 Å². The molecule has 7 rings (SSSR count). The van der Waals surface area contributed by atoms with Crippen LogP contribution in [0, 0.1) is 29.6 Å². The fourth-order valence-corrected chi connectivity index (χ4v) is 10.0. The van der Waals surface area contributed by atoms with Gasteiger partial charge in [-0.3, -0.25) is 9.80 Å². The van der Waals surface area contributed by atoms with Gasteiger partial charge in [-0.15, -0.1) is 0 Å². The Morgan fingerprint density at radius 3 is 1.35 bits per heavy atom. The summed E-state index contributed by atoms with van der Waals surface area (Å²) in [6.07, 6.45) is 15.3. The molecule has 28 nitrogen and oxygen atoms in total. The van der Waals surface area contributed by atoms with Crippen LogP contribution in [0.5, 0.6) is 0 Å². The first kappa shape index (κ1) is 93.2. The van der Waals surface area contributed by atoms with Crippen LogP contribution in [0.1, 0.15) is 227 Å². The molecule has 4 saturated carbocycles. The number of hydrogen-bond donors (Lipinski definition) is 7. The fraction of sp³-hybridized carbons (Fsp3) is 0.826. The van der Waals surface area contributed by atoms with E-state index in [1.807, 2.05) is 27.7 Å². The van der Waals surface area contributed by atoms with Crippen LogP contribution in [0.3, 0.4) is 0 Å². The molecule has 0 bridgehead atoms. The summed E-state index contributed by atoms with van der Waals surface area (Å²) in [5.41, 5.74) is -4.12. The van der Waals surface area contributed by atoms with Crippen LogP contribution >= 0.6 is 0 Å². The maximum atomic E-state index is 11.9. The first-order valence-electron chi connectivity index (χ1n) is 33.7. The Labute approximate surface area is 575 Å². The second-order valence-electron chi connectivity index (χ2n) is 29.7. The number of amides is 4. The molecule has 0 spiro atoms. The van der Waals surface area contributed by atoms with Crippen molar-refractivity contribution >= 4 is 74.7 Å². The molecule has 7 fully saturated rings. The highest BCUT2D eigenvalue weighted by atomic mass is 16.7. The van der Waals surface area contributed by atoms with Gasteiger partial charge < -0.3 is 108 Å². The van der Waals surface area contributed by atoms with Gasteiger partial charge in [0.05, 0.1) is 37.0 Å². The van der Waals surface area contributed by atoms with Gasteiger partial charge in [-0.05, 0) is 192 Å². The number of rotatable bonds is 13. The molecule has 9 unspecified atom stereocenters. The molecule has 4 aliphatic carbocycles. The highest BCUT2D eigenvalue weighted by molar-refractivity contribution is 5.78. The Balaban J connectivity index is 0. The molecule has 7 aliphatic rings. The summed E-state index contributed by atoms with van der Waals surface area (Å²) in [5, 5.41) is 49.6. The molecule has 0 aromatic carbocycles. The maximum absolute atomic E-state index is 11.9. The van der Waals surface area contributed by atoms with E-state index in [-0.39, 0.29) is 18.7 Å². The first-order chi connectivity index (χ1) is 44.9. The van der Waals surface area contributed by atoms with E-state index in [9.17, 15) is 57.8 Å². The van der Waals surface area contributed by atoms with Crippen LogP contribution in [0.2, 0.25) is 0 Å². The molecule has 97 heavy (non-hydrogen) atoms. The van der Waals surface area contributed by atoms with Gasteiger partial charge in [0.15, 0.2) is 12.6 Å². The Bertz CT molecular complexity index is 2310. The van der Waals surface area contributed by atoms with Crippen molar-refractivity contribution in [2.45, 2.75) is 304 Å². The average Bonchev–Trinajstić information content (AvgIpc) is 1.70. The number of carbonyl (C=O) groups excluding carboxylic acids is 12. The van der Waals surface area contributed by atoms with E-state index in [0.29, 0.717) is 50.0 Å². The van der Waals surface area contributed by atoms with Gasteiger partial charge >= 0.3 is 24.4 Å². The predicted octanol–water partition coefficient (Wildman–Crippen LogP) is 7.84. The Hall–Kier alpha value is -5.88. The van der Waals surface area contributed by atoms with E-state index >= 15 is 0 Å². The lowest BCUT2D eigenvalue weighted by Crippen LogP contribution is -2.55. The molecular weight excluding hydrogens is 1270 g/mol. The number of aliphatic hydroxyl groups is 5. The van der Waals surface area contributed by atoms with Crippen molar-refractivity contribution in [1.82, 2.24) is 20.4 Å². The zero-order valence-corrected chi connectivity index (χ0v) is 61.2. The van der Waals surface area contributed by atoms with E-state index in [1.165, 1.54) is 36.0 Å². The Kier molecular flexibility index (Phi) is 43.9. The molecule has 3 aliphatic heterocycles. The Morgan fingerprint density at radius 2 is 1.02 bits per heavy atom. The zero-order valence-electron chi connectivity index (χ0n) is 61.2. The van der Waals surface area contributed by atoms with E-state index in [0.717, 1.165) is 126 Å². The Morgan fingerprint density at radius 1 is 0.577 bits per heavy atom. The van der Waals surface area contributed by atoms with Crippen LogP contribution < -0.4 is 10.6 Å². The summed E-state index contributed by atoms with van der Waals surface area (Å²) in [6.45, 7) is 33.2. The molecule has 562 valence electrons. The van der Waals surface area contributed by atoms with Crippen LogP contribution in [-0.2, 0) is 71.5 Å². The number of nitrogens with zero attached hydrogens (tertiary/aromatic N) is 2. The average molecular weight is 1390 g/mol. The number of alkyl carbamates (subject to hydrolysis) is 2. The molecule has 3 saturated heterocycles. The number of carbonyl (C=O) groups is 12. The minimum atomic E-state index is -1.31. The molecule has 7 N–H and O–H groups in total. The minimum Gasteiger partial charge on any atom is -0.444 e. The third-order valence-electron chi connectivity index (χ3n) is 15.5. The van der Waals surface area contributed by atoms with E-state index in [2.05, 4.69) is 24.5 Å². The van der Waals surface area contributed by atoms with Gasteiger partial charge in [0.1, 0.15) is 96.7 Å².